The van der Waals surface area contributed by atoms with Crippen molar-refractivity contribution in [2.24, 2.45) is 11.8 Å². The van der Waals surface area contributed by atoms with Gasteiger partial charge >= 0.3 is 0 Å². The maximum absolute atomic E-state index is 13.0. The summed E-state index contributed by atoms with van der Waals surface area (Å²) in [6.07, 6.45) is 1.55. The lowest BCUT2D eigenvalue weighted by atomic mass is 9.89. The molecular formula is C18H21Cl2N3O2. The number of fused-ring (bicyclic) bond motifs is 1. The van der Waals surface area contributed by atoms with Crippen LogP contribution in [0.5, 0.6) is 0 Å². The van der Waals surface area contributed by atoms with E-state index < -0.39 is 0 Å². The Morgan fingerprint density at radius 1 is 1.04 bits per heavy atom. The van der Waals surface area contributed by atoms with Crippen LogP contribution in [0.2, 0.25) is 0 Å². The van der Waals surface area contributed by atoms with Gasteiger partial charge in [0.2, 0.25) is 0 Å². The molecule has 0 bridgehead atoms. The third-order valence-electron chi connectivity index (χ3n) is 5.02. The van der Waals surface area contributed by atoms with Crippen molar-refractivity contribution in [1.29, 1.82) is 0 Å². The smallest absolute Gasteiger partial charge is 0.260 e. The molecule has 25 heavy (non-hydrogen) atoms. The molecule has 4 rings (SSSR count). The van der Waals surface area contributed by atoms with Gasteiger partial charge < -0.3 is 15.2 Å². The van der Waals surface area contributed by atoms with Gasteiger partial charge in [0.15, 0.2) is 0 Å². The predicted octanol–water partition coefficient (Wildman–Crippen LogP) is 2.25. The Labute approximate surface area is 158 Å². The first-order chi connectivity index (χ1) is 11.3. The van der Waals surface area contributed by atoms with E-state index in [9.17, 15) is 9.59 Å². The van der Waals surface area contributed by atoms with E-state index in [-0.39, 0.29) is 47.9 Å². The molecule has 0 spiro atoms. The Balaban J connectivity index is 0.00000113. The number of carbonyl (C=O) groups is 1. The quantitative estimate of drug-likeness (QED) is 0.838. The monoisotopic (exact) mass is 381 g/mol. The summed E-state index contributed by atoms with van der Waals surface area (Å²) in [4.78, 5) is 29.4. The van der Waals surface area contributed by atoms with Crippen LogP contribution < -0.4 is 10.9 Å². The van der Waals surface area contributed by atoms with Gasteiger partial charge in [-0.25, -0.2) is 0 Å². The lowest BCUT2D eigenvalue weighted by molar-refractivity contribution is 0.0712. The van der Waals surface area contributed by atoms with Crippen LogP contribution in [0.15, 0.2) is 53.5 Å². The Morgan fingerprint density at radius 2 is 1.80 bits per heavy atom. The predicted molar refractivity (Wildman–Crippen MR) is 102 cm³/mol. The maximum Gasteiger partial charge on any atom is 0.260 e. The first-order valence-electron chi connectivity index (χ1n) is 8.00. The molecule has 3 heterocycles. The van der Waals surface area contributed by atoms with Crippen LogP contribution in [-0.4, -0.2) is 35.4 Å². The maximum atomic E-state index is 13.0. The first-order valence-corrected chi connectivity index (χ1v) is 8.00. The van der Waals surface area contributed by atoms with Crippen LogP contribution in [-0.2, 0) is 0 Å². The summed E-state index contributed by atoms with van der Waals surface area (Å²) in [5.74, 6) is 0.686. The van der Waals surface area contributed by atoms with Crippen LogP contribution in [0.3, 0.4) is 0 Å². The minimum absolute atomic E-state index is 0. The molecule has 0 saturated carbocycles. The van der Waals surface area contributed by atoms with E-state index in [1.807, 2.05) is 23.1 Å². The molecule has 2 N–H and O–H groups in total. The fourth-order valence-electron chi connectivity index (χ4n) is 3.95. The second-order valence-corrected chi connectivity index (χ2v) is 6.31. The fraction of sp³-hybridized carbons (Fsp3) is 0.333. The van der Waals surface area contributed by atoms with Crippen LogP contribution in [0.25, 0.3) is 0 Å². The highest BCUT2D eigenvalue weighted by molar-refractivity contribution is 5.94. The third-order valence-corrected chi connectivity index (χ3v) is 5.02. The zero-order valence-electron chi connectivity index (χ0n) is 13.6. The third kappa shape index (κ3) is 3.45. The van der Waals surface area contributed by atoms with Gasteiger partial charge in [-0.15, -0.1) is 24.8 Å². The molecule has 2 saturated heterocycles. The highest BCUT2D eigenvalue weighted by Crippen LogP contribution is 2.42. The van der Waals surface area contributed by atoms with Gasteiger partial charge in [-0.2, -0.15) is 0 Å². The molecule has 3 atom stereocenters. The first kappa shape index (κ1) is 19.5. The number of hydrogen-bond acceptors (Lipinski definition) is 3. The zero-order valence-corrected chi connectivity index (χ0v) is 15.2. The topological polar surface area (TPSA) is 65.2 Å². The van der Waals surface area contributed by atoms with Crippen molar-refractivity contribution in [2.45, 2.75) is 6.04 Å². The standard InChI is InChI=1S/C18H19N3O2.2ClH/c22-17-14(7-4-8-20-17)18(23)21-11-13-9-19-10-15(13)16(21)12-5-2-1-3-6-12;;/h1-8,13,15-16,19H,9-11H2,(H,20,22);2*1H/t13-,15-,16+;;/m0../s1. The van der Waals surface area contributed by atoms with Gasteiger partial charge in [0, 0.05) is 31.7 Å². The molecule has 2 fully saturated rings. The summed E-state index contributed by atoms with van der Waals surface area (Å²) in [5.41, 5.74) is 1.05. The summed E-state index contributed by atoms with van der Waals surface area (Å²) in [7, 11) is 0. The van der Waals surface area contributed by atoms with Gasteiger partial charge in [0.1, 0.15) is 5.56 Å². The minimum Gasteiger partial charge on any atom is -0.331 e. The highest BCUT2D eigenvalue weighted by Gasteiger charge is 2.47. The molecule has 2 aliphatic rings. The number of carbonyl (C=O) groups excluding carboxylic acids is 1. The van der Waals surface area contributed by atoms with Crippen molar-refractivity contribution in [3.63, 3.8) is 0 Å². The average molecular weight is 382 g/mol. The summed E-state index contributed by atoms with van der Waals surface area (Å²) in [6, 6.07) is 13.5. The number of hydrogen-bond donors (Lipinski definition) is 2. The normalized spacial score (nSPS) is 24.2. The summed E-state index contributed by atoms with van der Waals surface area (Å²) in [5, 5.41) is 3.43. The van der Waals surface area contributed by atoms with E-state index >= 15 is 0 Å². The number of amides is 1. The van der Waals surface area contributed by atoms with Crippen molar-refractivity contribution in [1.82, 2.24) is 15.2 Å². The highest BCUT2D eigenvalue weighted by atomic mass is 35.5. The molecule has 0 radical (unpaired) electrons. The van der Waals surface area contributed by atoms with E-state index in [0.717, 1.165) is 18.7 Å². The second-order valence-electron chi connectivity index (χ2n) is 6.31. The number of nitrogens with zero attached hydrogens (tertiary/aromatic N) is 1. The van der Waals surface area contributed by atoms with Gasteiger partial charge in [-0.05, 0) is 23.6 Å². The number of halogens is 2. The molecule has 1 amide bonds. The number of pyridine rings is 1. The van der Waals surface area contributed by atoms with Crippen molar-refractivity contribution in [3.05, 3.63) is 70.1 Å². The minimum atomic E-state index is -0.320. The molecule has 134 valence electrons. The Morgan fingerprint density at radius 3 is 2.52 bits per heavy atom. The Bertz CT molecular complexity index is 781. The number of aromatic amines is 1. The van der Waals surface area contributed by atoms with E-state index in [1.54, 1.807) is 18.3 Å². The van der Waals surface area contributed by atoms with Gasteiger partial charge in [-0.1, -0.05) is 30.3 Å². The Kier molecular flexibility index (Phi) is 6.27. The largest absolute Gasteiger partial charge is 0.331 e. The molecule has 0 aliphatic carbocycles. The number of aromatic nitrogens is 1. The van der Waals surface area contributed by atoms with Gasteiger partial charge in [0.05, 0.1) is 6.04 Å². The lowest BCUT2D eigenvalue weighted by Crippen LogP contribution is -2.37. The number of likely N-dealkylation sites (tertiary alicyclic amines) is 1. The second kappa shape index (κ2) is 8.04. The van der Waals surface area contributed by atoms with Gasteiger partial charge in [0.25, 0.3) is 11.5 Å². The summed E-state index contributed by atoms with van der Waals surface area (Å²) < 4.78 is 0. The number of nitrogens with one attached hydrogen (secondary N) is 2. The van der Waals surface area contributed by atoms with E-state index in [4.69, 9.17) is 0 Å². The number of H-pyrrole nitrogens is 1. The van der Waals surface area contributed by atoms with Crippen LogP contribution >= 0.6 is 24.8 Å². The molecule has 0 unspecified atom stereocenters. The molecule has 2 aliphatic heterocycles. The fourth-order valence-corrected chi connectivity index (χ4v) is 3.95. The summed E-state index contributed by atoms with van der Waals surface area (Å²) >= 11 is 0. The molecule has 5 nitrogen and oxygen atoms in total. The molecule has 1 aromatic carbocycles. The average Bonchev–Trinajstić information content (AvgIpc) is 3.16. The van der Waals surface area contributed by atoms with E-state index in [1.165, 1.54) is 0 Å². The van der Waals surface area contributed by atoms with Crippen molar-refractivity contribution < 1.29 is 4.79 Å². The lowest BCUT2D eigenvalue weighted by Gasteiger charge is -2.28. The van der Waals surface area contributed by atoms with Crippen LogP contribution in [0, 0.1) is 11.8 Å². The number of benzene rings is 1. The van der Waals surface area contributed by atoms with Crippen molar-refractivity contribution in [3.8, 4) is 0 Å². The van der Waals surface area contributed by atoms with E-state index in [2.05, 4.69) is 22.4 Å². The molecule has 2 aromatic rings. The number of rotatable bonds is 2. The zero-order chi connectivity index (χ0) is 15.8. The SMILES string of the molecule is Cl.Cl.O=C(c1ccc[nH]c1=O)N1C[C@@H]2CNC[C@@H]2[C@H]1c1ccccc1. The molecule has 1 aromatic heterocycles. The van der Waals surface area contributed by atoms with E-state index in [0.29, 0.717) is 18.4 Å². The molecule has 7 heteroatoms. The van der Waals surface area contributed by atoms with Crippen LogP contribution in [0.4, 0.5) is 0 Å². The Hall–Kier alpha value is -1.82. The molecular weight excluding hydrogens is 361 g/mol. The van der Waals surface area contributed by atoms with Gasteiger partial charge in [-0.3, -0.25) is 9.59 Å². The van der Waals surface area contributed by atoms with Crippen LogP contribution in [0.1, 0.15) is 22.0 Å². The van der Waals surface area contributed by atoms with Crippen molar-refractivity contribution in [2.75, 3.05) is 19.6 Å². The van der Waals surface area contributed by atoms with Crippen molar-refractivity contribution >= 4 is 30.7 Å². The summed E-state index contributed by atoms with van der Waals surface area (Å²) in [6.45, 7) is 2.55.